The molecular formula is C11H16N2O2. The van der Waals surface area contributed by atoms with Gasteiger partial charge in [0.2, 0.25) is 0 Å². The summed E-state index contributed by atoms with van der Waals surface area (Å²) in [5.41, 5.74) is 4.91. The van der Waals surface area contributed by atoms with Crippen LogP contribution in [0.3, 0.4) is 0 Å². The highest BCUT2D eigenvalue weighted by atomic mass is 16.5. The number of carbonyl (C=O) groups excluding carboxylic acids is 1. The van der Waals surface area contributed by atoms with Gasteiger partial charge in [-0.3, -0.25) is 5.21 Å². The van der Waals surface area contributed by atoms with Crippen LogP contribution in [0.25, 0.3) is 0 Å². The lowest BCUT2D eigenvalue weighted by molar-refractivity contribution is -0.0537. The summed E-state index contributed by atoms with van der Waals surface area (Å²) in [6.45, 7) is 1.66. The lowest BCUT2D eigenvalue weighted by Crippen LogP contribution is -2.38. The van der Waals surface area contributed by atoms with Gasteiger partial charge in [0.1, 0.15) is 6.04 Å². The Balaban J connectivity index is 1.81. The van der Waals surface area contributed by atoms with Gasteiger partial charge in [0.05, 0.1) is 0 Å². The van der Waals surface area contributed by atoms with E-state index in [1.165, 1.54) is 19.3 Å². The van der Waals surface area contributed by atoms with Gasteiger partial charge in [-0.2, -0.15) is 5.06 Å². The van der Waals surface area contributed by atoms with Crippen LogP contribution in [0, 0.1) is 29.6 Å². The van der Waals surface area contributed by atoms with Crippen molar-refractivity contribution in [1.29, 1.82) is 0 Å². The highest BCUT2D eigenvalue weighted by Gasteiger charge is 2.46. The minimum Gasteiger partial charge on any atom is -0.350 e. The summed E-state index contributed by atoms with van der Waals surface area (Å²) in [5.74, 6) is 8.14. The number of amides is 2. The molecule has 0 radical (unpaired) electrons. The third-order valence-electron chi connectivity index (χ3n) is 3.14. The van der Waals surface area contributed by atoms with Crippen molar-refractivity contribution in [2.24, 2.45) is 23.5 Å². The zero-order valence-electron chi connectivity index (χ0n) is 8.81. The zero-order valence-corrected chi connectivity index (χ0v) is 8.81. The van der Waals surface area contributed by atoms with Gasteiger partial charge in [-0.05, 0) is 38.0 Å². The molecule has 0 heterocycles. The van der Waals surface area contributed by atoms with Crippen LogP contribution in [0.5, 0.6) is 0 Å². The molecule has 0 bridgehead atoms. The predicted molar refractivity (Wildman–Crippen MR) is 54.8 cm³/mol. The van der Waals surface area contributed by atoms with Gasteiger partial charge >= 0.3 is 6.03 Å². The fourth-order valence-corrected chi connectivity index (χ4v) is 1.91. The molecule has 2 aliphatic rings. The van der Waals surface area contributed by atoms with Crippen molar-refractivity contribution in [3.05, 3.63) is 0 Å². The number of urea groups is 1. The zero-order chi connectivity index (χ0) is 11.0. The van der Waals surface area contributed by atoms with Gasteiger partial charge in [-0.25, -0.2) is 4.79 Å². The van der Waals surface area contributed by atoms with Gasteiger partial charge in [-0.1, -0.05) is 11.8 Å². The van der Waals surface area contributed by atoms with E-state index in [0.717, 1.165) is 11.8 Å². The van der Waals surface area contributed by atoms with Crippen LogP contribution in [-0.4, -0.2) is 22.3 Å². The maximum atomic E-state index is 10.6. The van der Waals surface area contributed by atoms with Crippen molar-refractivity contribution in [2.45, 2.75) is 32.2 Å². The molecule has 2 fully saturated rings. The van der Waals surface area contributed by atoms with E-state index in [9.17, 15) is 10.0 Å². The largest absolute Gasteiger partial charge is 0.350 e. The van der Waals surface area contributed by atoms with Crippen LogP contribution in [-0.2, 0) is 0 Å². The lowest BCUT2D eigenvalue weighted by Gasteiger charge is -2.14. The number of carbonyl (C=O) groups is 1. The fraction of sp³-hybridized carbons (Fsp3) is 0.727. The summed E-state index contributed by atoms with van der Waals surface area (Å²) < 4.78 is 0. The van der Waals surface area contributed by atoms with Crippen LogP contribution in [0.1, 0.15) is 26.2 Å². The standard InChI is InChI=1S/C11H16N2O2/c1-7(13(15)11(12)14)2-3-9-6-10(9)8-4-5-8/h7-10,15H,4-6H2,1H3,(H2,12,14)/t7?,9-,10+/m1/s1. The third-order valence-corrected chi connectivity index (χ3v) is 3.14. The Labute approximate surface area is 89.4 Å². The smallest absolute Gasteiger partial charge is 0.339 e. The van der Waals surface area contributed by atoms with Gasteiger partial charge in [0.15, 0.2) is 0 Å². The average molecular weight is 208 g/mol. The molecule has 4 nitrogen and oxygen atoms in total. The molecule has 2 amide bonds. The first-order valence-electron chi connectivity index (χ1n) is 5.38. The van der Waals surface area contributed by atoms with E-state index in [2.05, 4.69) is 11.8 Å². The first kappa shape index (κ1) is 10.3. The number of hydrogen-bond acceptors (Lipinski definition) is 2. The van der Waals surface area contributed by atoms with E-state index in [-0.39, 0.29) is 0 Å². The Bertz CT molecular complexity index is 327. The van der Waals surface area contributed by atoms with Crippen molar-refractivity contribution >= 4 is 6.03 Å². The molecule has 2 rings (SSSR count). The number of hydrogen-bond donors (Lipinski definition) is 2. The Hall–Kier alpha value is -1.21. The average Bonchev–Trinajstić information content (AvgIpc) is 3.01. The molecule has 0 spiro atoms. The van der Waals surface area contributed by atoms with Gasteiger partial charge < -0.3 is 5.73 Å². The van der Waals surface area contributed by atoms with E-state index < -0.39 is 12.1 Å². The molecule has 82 valence electrons. The maximum Gasteiger partial charge on any atom is 0.339 e. The molecule has 0 aromatic rings. The Morgan fingerprint density at radius 2 is 2.27 bits per heavy atom. The number of nitrogens with two attached hydrogens (primary N) is 1. The second-order valence-electron chi connectivity index (χ2n) is 4.49. The summed E-state index contributed by atoms with van der Waals surface area (Å²) in [5, 5.41) is 9.65. The molecule has 0 saturated heterocycles. The third kappa shape index (κ3) is 2.42. The lowest BCUT2D eigenvalue weighted by atomic mass is 10.2. The van der Waals surface area contributed by atoms with E-state index in [4.69, 9.17) is 5.73 Å². The second-order valence-corrected chi connectivity index (χ2v) is 4.49. The van der Waals surface area contributed by atoms with Gasteiger partial charge in [0.25, 0.3) is 0 Å². The first-order valence-corrected chi connectivity index (χ1v) is 5.38. The summed E-state index contributed by atoms with van der Waals surface area (Å²) in [6.07, 6.45) is 3.89. The summed E-state index contributed by atoms with van der Waals surface area (Å²) in [7, 11) is 0. The molecule has 0 aromatic heterocycles. The summed E-state index contributed by atoms with van der Waals surface area (Å²) in [6, 6.07) is -1.37. The van der Waals surface area contributed by atoms with Crippen molar-refractivity contribution in [2.75, 3.05) is 0 Å². The van der Waals surface area contributed by atoms with Crippen LogP contribution in [0.4, 0.5) is 4.79 Å². The molecule has 15 heavy (non-hydrogen) atoms. The van der Waals surface area contributed by atoms with Crippen LogP contribution in [0.15, 0.2) is 0 Å². The SMILES string of the molecule is CC(C#C[C@@H]1C[C@H]1C1CC1)N(O)C(N)=O. The highest BCUT2D eigenvalue weighted by Crippen LogP contribution is 2.53. The fourth-order valence-electron chi connectivity index (χ4n) is 1.91. The maximum absolute atomic E-state index is 10.6. The molecular weight excluding hydrogens is 192 g/mol. The number of nitrogens with zero attached hydrogens (tertiary/aromatic N) is 1. The minimum atomic E-state index is -0.855. The Kier molecular flexibility index (Phi) is 2.57. The van der Waals surface area contributed by atoms with Crippen molar-refractivity contribution in [3.63, 3.8) is 0 Å². The molecule has 2 aliphatic carbocycles. The van der Waals surface area contributed by atoms with Crippen LogP contribution >= 0.6 is 0 Å². The van der Waals surface area contributed by atoms with E-state index in [1.54, 1.807) is 6.92 Å². The van der Waals surface area contributed by atoms with E-state index in [1.807, 2.05) is 0 Å². The van der Waals surface area contributed by atoms with Crippen molar-refractivity contribution in [3.8, 4) is 11.8 Å². The van der Waals surface area contributed by atoms with Crippen molar-refractivity contribution in [1.82, 2.24) is 5.06 Å². The number of hydroxylamine groups is 2. The molecule has 4 heteroatoms. The van der Waals surface area contributed by atoms with Gasteiger partial charge in [-0.15, -0.1) is 0 Å². The quantitative estimate of drug-likeness (QED) is 0.406. The minimum absolute atomic E-state index is 0.474. The molecule has 3 atom stereocenters. The first-order chi connectivity index (χ1) is 7.09. The van der Waals surface area contributed by atoms with Crippen LogP contribution in [0.2, 0.25) is 0 Å². The Morgan fingerprint density at radius 1 is 1.60 bits per heavy atom. The van der Waals surface area contributed by atoms with E-state index in [0.29, 0.717) is 11.0 Å². The monoisotopic (exact) mass is 208 g/mol. The normalized spacial score (nSPS) is 30.0. The molecule has 2 saturated carbocycles. The molecule has 1 unspecified atom stereocenters. The molecule has 0 aliphatic heterocycles. The Morgan fingerprint density at radius 3 is 2.80 bits per heavy atom. The number of rotatable bonds is 2. The van der Waals surface area contributed by atoms with Crippen LogP contribution < -0.4 is 5.73 Å². The second kappa shape index (κ2) is 3.74. The molecule has 3 N–H and O–H groups in total. The summed E-state index contributed by atoms with van der Waals surface area (Å²) >= 11 is 0. The topological polar surface area (TPSA) is 66.6 Å². The summed E-state index contributed by atoms with van der Waals surface area (Å²) in [4.78, 5) is 10.6. The highest BCUT2D eigenvalue weighted by molar-refractivity contribution is 5.71. The van der Waals surface area contributed by atoms with Gasteiger partial charge in [0, 0.05) is 5.92 Å². The van der Waals surface area contributed by atoms with Crippen molar-refractivity contribution < 1.29 is 10.0 Å². The molecule has 0 aromatic carbocycles. The van der Waals surface area contributed by atoms with E-state index >= 15 is 0 Å². The number of primary amides is 1. The predicted octanol–water partition coefficient (Wildman–Crippen LogP) is 1.19.